The van der Waals surface area contributed by atoms with Crippen LogP contribution in [0.15, 0.2) is 144 Å². The molecule has 6 heteroatoms. The van der Waals surface area contributed by atoms with Gasteiger partial charge in [0.05, 0.1) is 18.1 Å². The minimum Gasteiger partial charge on any atom is -1.00 e. The number of hydrogen-bond donors (Lipinski definition) is 0. The van der Waals surface area contributed by atoms with Crippen molar-refractivity contribution in [3.8, 4) is 5.75 Å². The Labute approximate surface area is 552 Å². The van der Waals surface area contributed by atoms with Crippen LogP contribution in [0.3, 0.4) is 0 Å². The van der Waals surface area contributed by atoms with E-state index in [-0.39, 0.29) is 40.8 Å². The van der Waals surface area contributed by atoms with Crippen LogP contribution in [0.5, 0.6) is 5.75 Å². The van der Waals surface area contributed by atoms with E-state index in [1.54, 1.807) is 0 Å². The summed E-state index contributed by atoms with van der Waals surface area (Å²) in [6.07, 6.45) is 56.4. The number of allylic oxidation sites excluding steroid dienone is 7. The zero-order valence-corrected chi connectivity index (χ0v) is 58.4. The molecule has 3 aliphatic rings. The molecular formula is C82H115IN2O3. The third kappa shape index (κ3) is 19.5. The van der Waals surface area contributed by atoms with E-state index in [0.29, 0.717) is 11.3 Å². The fourth-order valence-corrected chi connectivity index (χ4v) is 14.8. The number of hydrogen-bond acceptors (Lipinski definition) is 4. The van der Waals surface area contributed by atoms with Crippen molar-refractivity contribution in [3.63, 3.8) is 0 Å². The fraction of sp³-hybridized carbons (Fsp3) is 0.561. The predicted molar refractivity (Wildman–Crippen MR) is 375 cm³/mol. The molecule has 0 N–H and O–H groups in total. The van der Waals surface area contributed by atoms with E-state index >= 15 is 0 Å². The summed E-state index contributed by atoms with van der Waals surface area (Å²) in [7, 11) is 1.44. The minimum atomic E-state index is -0.347. The summed E-state index contributed by atoms with van der Waals surface area (Å²) in [5.41, 5.74) is 10.8. The highest BCUT2D eigenvalue weighted by Gasteiger charge is 2.46. The first-order valence-corrected chi connectivity index (χ1v) is 35.7. The van der Waals surface area contributed by atoms with E-state index in [9.17, 15) is 4.79 Å². The highest BCUT2D eigenvalue weighted by atomic mass is 127. The van der Waals surface area contributed by atoms with Gasteiger partial charge in [-0.05, 0) is 133 Å². The first-order chi connectivity index (χ1) is 42.6. The van der Waals surface area contributed by atoms with Crippen molar-refractivity contribution in [2.24, 2.45) is 0 Å². The van der Waals surface area contributed by atoms with Gasteiger partial charge in [0.1, 0.15) is 18.1 Å². The van der Waals surface area contributed by atoms with Crippen molar-refractivity contribution >= 4 is 44.6 Å². The summed E-state index contributed by atoms with van der Waals surface area (Å²) in [6, 6.07) is 34.9. The maximum atomic E-state index is 12.6. The molecule has 5 aromatic carbocycles. The van der Waals surface area contributed by atoms with Gasteiger partial charge in [0.2, 0.25) is 5.69 Å². The quantitative estimate of drug-likeness (QED) is 0.0170. The molecule has 1 aliphatic carbocycles. The van der Waals surface area contributed by atoms with Crippen LogP contribution in [0.2, 0.25) is 0 Å². The van der Waals surface area contributed by atoms with Crippen molar-refractivity contribution in [1.29, 1.82) is 0 Å². The lowest BCUT2D eigenvalue weighted by Gasteiger charge is -2.28. The zero-order valence-electron chi connectivity index (χ0n) is 56.2. The van der Waals surface area contributed by atoms with Crippen LogP contribution in [0, 0.1) is 0 Å². The molecule has 5 nitrogen and oxygen atoms in total. The molecule has 0 amide bonds. The van der Waals surface area contributed by atoms with E-state index in [4.69, 9.17) is 9.47 Å². The van der Waals surface area contributed by atoms with Crippen molar-refractivity contribution in [2.75, 3.05) is 25.1 Å². The van der Waals surface area contributed by atoms with E-state index < -0.39 is 0 Å². The predicted octanol–water partition coefficient (Wildman–Crippen LogP) is 21.4. The van der Waals surface area contributed by atoms with Gasteiger partial charge in [-0.3, -0.25) is 0 Å². The Morgan fingerprint density at radius 1 is 0.511 bits per heavy atom. The molecule has 2 heterocycles. The van der Waals surface area contributed by atoms with Crippen LogP contribution in [0.25, 0.3) is 21.5 Å². The molecule has 0 saturated heterocycles. The number of esters is 1. The van der Waals surface area contributed by atoms with Gasteiger partial charge < -0.3 is 38.4 Å². The van der Waals surface area contributed by atoms with E-state index in [1.165, 1.54) is 279 Å². The van der Waals surface area contributed by atoms with Gasteiger partial charge in [-0.2, -0.15) is 4.58 Å². The van der Waals surface area contributed by atoms with Gasteiger partial charge in [0, 0.05) is 47.5 Å². The minimum absolute atomic E-state index is 0. The van der Waals surface area contributed by atoms with Crippen LogP contribution in [0.1, 0.15) is 288 Å². The molecule has 0 unspecified atom stereocenters. The van der Waals surface area contributed by atoms with Crippen molar-refractivity contribution < 1.29 is 42.8 Å². The van der Waals surface area contributed by atoms with Gasteiger partial charge in [-0.15, -0.1) is 0 Å². The number of benzene rings is 5. The third-order valence-corrected chi connectivity index (χ3v) is 19.8. The molecule has 0 fully saturated rings. The summed E-state index contributed by atoms with van der Waals surface area (Å²) in [4.78, 5) is 15.3. The number of carbonyl (C=O) groups is 1. The SMILES string of the molecule is CCCCCCCCCCCCCCCCCCN1/C(=C/C=C2\CCCC(/C=C/C3=[N+](CCCCCCCCCCCCCCCCCC)c4ccc5ccccc5c4C3(C)C)=C2Oc2ccc(C(=O)OC)cc2)C(C)(C)c2c1ccc1ccccc21.[I-]. The standard InChI is InChI=1S/C82H115N2O3.HI/c1-8-10-12-14-16-18-20-22-24-26-28-30-32-34-36-42-63-83-73-59-53-65-45-38-40-49-71(65)77(73)81(3,4)75(83)61-55-67-47-44-48-68(79(67)87-70-57-51-69(52-58-70)80(85)86-7)56-62-76-82(5,6)78-72-50-41-39-46-66(72)54-60-74(78)84(76)64-43-37-35-33-31-29-27-25-23-21-19-17-15-13-11-9-2;/h38-41,45-46,49-62H,8-37,42-44,47-48,63-64H2,1-7H3;1H/q+1;/p-1. The number of fused-ring (bicyclic) bond motifs is 6. The number of anilines is 1. The van der Waals surface area contributed by atoms with Crippen LogP contribution in [-0.2, 0) is 15.6 Å². The van der Waals surface area contributed by atoms with Gasteiger partial charge in [-0.25, -0.2) is 4.79 Å². The summed E-state index contributed by atoms with van der Waals surface area (Å²) in [5.74, 6) is 1.29. The van der Waals surface area contributed by atoms with Crippen LogP contribution in [0.4, 0.5) is 11.4 Å². The first kappa shape index (κ1) is 70.5. The number of methoxy groups -OCH3 is 1. The summed E-state index contributed by atoms with van der Waals surface area (Å²) in [6.45, 7) is 16.4. The molecule has 88 heavy (non-hydrogen) atoms. The molecule has 8 rings (SSSR count). The number of ether oxygens (including phenoxy) is 2. The molecule has 0 spiro atoms. The van der Waals surface area contributed by atoms with Gasteiger partial charge in [-0.1, -0.05) is 275 Å². The molecule has 0 aromatic heterocycles. The third-order valence-electron chi connectivity index (χ3n) is 19.8. The largest absolute Gasteiger partial charge is 1.00 e. The van der Waals surface area contributed by atoms with Gasteiger partial charge in [0.25, 0.3) is 0 Å². The monoisotopic (exact) mass is 1300 g/mol. The van der Waals surface area contributed by atoms with Crippen molar-refractivity contribution in [3.05, 3.63) is 161 Å². The smallest absolute Gasteiger partial charge is 0.337 e. The Morgan fingerprint density at radius 3 is 1.51 bits per heavy atom. The molecule has 0 radical (unpaired) electrons. The number of carbonyl (C=O) groups excluding carboxylic acids is 1. The van der Waals surface area contributed by atoms with Crippen LogP contribution in [-0.4, -0.2) is 36.5 Å². The Kier molecular flexibility index (Phi) is 30.0. The maximum Gasteiger partial charge on any atom is 0.337 e. The zero-order chi connectivity index (χ0) is 61.1. The Balaban J connectivity index is 0.0000110. The van der Waals surface area contributed by atoms with Crippen molar-refractivity contribution in [2.45, 2.75) is 277 Å². The first-order valence-electron chi connectivity index (χ1n) is 35.7. The van der Waals surface area contributed by atoms with E-state index in [1.807, 2.05) is 24.3 Å². The second-order valence-electron chi connectivity index (χ2n) is 27.3. The van der Waals surface area contributed by atoms with Crippen molar-refractivity contribution in [1.82, 2.24) is 0 Å². The topological polar surface area (TPSA) is 41.8 Å². The van der Waals surface area contributed by atoms with Gasteiger partial charge in [0.15, 0.2) is 5.71 Å². The van der Waals surface area contributed by atoms with Crippen LogP contribution >= 0.6 is 0 Å². The molecule has 478 valence electrons. The fourth-order valence-electron chi connectivity index (χ4n) is 14.8. The number of unbranched alkanes of at least 4 members (excludes halogenated alkanes) is 30. The molecule has 0 bridgehead atoms. The summed E-state index contributed by atoms with van der Waals surface area (Å²) < 4.78 is 14.9. The summed E-state index contributed by atoms with van der Waals surface area (Å²) in [5, 5.41) is 5.30. The number of rotatable bonds is 40. The lowest BCUT2D eigenvalue weighted by atomic mass is 9.78. The number of halogens is 1. The number of nitrogens with zero attached hydrogens (tertiary/aromatic N) is 2. The van der Waals surface area contributed by atoms with E-state index in [2.05, 4.69) is 148 Å². The molecule has 0 atom stereocenters. The van der Waals surface area contributed by atoms with Gasteiger partial charge >= 0.3 is 5.97 Å². The molecular weight excluding hydrogens is 1190 g/mol. The molecule has 2 aliphatic heterocycles. The second-order valence-corrected chi connectivity index (χ2v) is 27.3. The highest BCUT2D eigenvalue weighted by Crippen LogP contribution is 2.51. The molecule has 0 saturated carbocycles. The lowest BCUT2D eigenvalue weighted by molar-refractivity contribution is -0.438. The second kappa shape index (κ2) is 37.4. The average molecular weight is 1300 g/mol. The maximum absolute atomic E-state index is 12.6. The molecule has 5 aromatic rings. The van der Waals surface area contributed by atoms with Crippen LogP contribution < -0.4 is 33.6 Å². The normalized spacial score (nSPS) is 16.2. The Hall–Kier alpha value is -4.95. The van der Waals surface area contributed by atoms with E-state index in [0.717, 1.165) is 38.1 Å². The lowest BCUT2D eigenvalue weighted by Crippen LogP contribution is -3.00. The highest BCUT2D eigenvalue weighted by molar-refractivity contribution is 6.08. The Morgan fingerprint density at radius 2 is 0.989 bits per heavy atom. The average Bonchev–Trinajstić information content (AvgIpc) is 1.70. The summed E-state index contributed by atoms with van der Waals surface area (Å²) >= 11 is 0. The Bertz CT molecular complexity index is 3100.